The highest BCUT2D eigenvalue weighted by atomic mass is 16.5. The van der Waals surface area contributed by atoms with E-state index in [0.717, 1.165) is 18.7 Å². The van der Waals surface area contributed by atoms with E-state index in [9.17, 15) is 9.90 Å². The lowest BCUT2D eigenvalue weighted by molar-refractivity contribution is 0.1000. The van der Waals surface area contributed by atoms with Gasteiger partial charge in [0.2, 0.25) is 11.8 Å². The number of hydrogen-bond acceptors (Lipinski definition) is 6. The molecule has 1 aromatic carbocycles. The number of phenolic OH excluding ortho intramolecular Hbond substituents is 1. The first-order valence-electron chi connectivity index (χ1n) is 7.47. The molecule has 1 amide bonds. The molecule has 3 N–H and O–H groups in total. The Kier molecular flexibility index (Phi) is 4.20. The summed E-state index contributed by atoms with van der Waals surface area (Å²) in [6.07, 6.45) is 2.15. The Bertz CT molecular complexity index is 798. The van der Waals surface area contributed by atoms with Gasteiger partial charge in [0.25, 0.3) is 0 Å². The largest absolute Gasteiger partial charge is 0.506 e. The van der Waals surface area contributed by atoms with E-state index in [1.165, 1.54) is 6.20 Å². The lowest BCUT2D eigenvalue weighted by Crippen LogP contribution is -2.24. The minimum Gasteiger partial charge on any atom is -0.506 e. The van der Waals surface area contributed by atoms with Gasteiger partial charge >= 0.3 is 0 Å². The Morgan fingerprint density at radius 3 is 2.88 bits per heavy atom. The van der Waals surface area contributed by atoms with Crippen LogP contribution in [-0.4, -0.2) is 35.2 Å². The Morgan fingerprint density at radius 2 is 2.25 bits per heavy atom. The monoisotopic (exact) mass is 324 g/mol. The standard InChI is InChI=1S/C17H16N4O3/c18-8-11-1-3-13(7-15(11)22)21-6-5-14(10-21)24-16-4-2-12(9-20-16)17(19)23/h1-4,7,9,14,22H,5-6,10H2,(H2,19,23)/t14-/m1/s1. The first kappa shape index (κ1) is 15.6. The number of amides is 1. The fourth-order valence-corrected chi connectivity index (χ4v) is 2.64. The first-order chi connectivity index (χ1) is 11.6. The summed E-state index contributed by atoms with van der Waals surface area (Å²) in [5.41, 5.74) is 6.61. The van der Waals surface area contributed by atoms with Crippen LogP contribution in [-0.2, 0) is 0 Å². The summed E-state index contributed by atoms with van der Waals surface area (Å²) in [7, 11) is 0. The Balaban J connectivity index is 1.64. The second-order valence-electron chi connectivity index (χ2n) is 5.54. The predicted molar refractivity (Wildman–Crippen MR) is 86.8 cm³/mol. The number of nitrogens with two attached hydrogens (primary N) is 1. The minimum atomic E-state index is -0.526. The van der Waals surface area contributed by atoms with Crippen LogP contribution in [0.5, 0.6) is 11.6 Å². The van der Waals surface area contributed by atoms with E-state index in [1.807, 2.05) is 6.07 Å². The third-order valence-electron chi connectivity index (χ3n) is 3.92. The van der Waals surface area contributed by atoms with Crippen molar-refractivity contribution < 1.29 is 14.6 Å². The number of benzene rings is 1. The van der Waals surface area contributed by atoms with Crippen LogP contribution in [0.1, 0.15) is 22.3 Å². The van der Waals surface area contributed by atoms with Gasteiger partial charge in [0.1, 0.15) is 17.9 Å². The summed E-state index contributed by atoms with van der Waals surface area (Å²) in [6, 6.07) is 10.1. The van der Waals surface area contributed by atoms with E-state index in [2.05, 4.69) is 9.88 Å². The molecule has 0 bridgehead atoms. The van der Waals surface area contributed by atoms with Crippen molar-refractivity contribution in [3.63, 3.8) is 0 Å². The number of aromatic hydroxyl groups is 1. The van der Waals surface area contributed by atoms with Gasteiger partial charge in [-0.05, 0) is 18.2 Å². The molecule has 0 radical (unpaired) electrons. The van der Waals surface area contributed by atoms with Crippen molar-refractivity contribution in [1.82, 2.24) is 4.98 Å². The van der Waals surface area contributed by atoms with E-state index < -0.39 is 5.91 Å². The van der Waals surface area contributed by atoms with Gasteiger partial charge in [-0.25, -0.2) is 4.98 Å². The molecule has 1 aliphatic rings. The average Bonchev–Trinajstić information content (AvgIpc) is 3.04. The van der Waals surface area contributed by atoms with Crippen molar-refractivity contribution in [1.29, 1.82) is 5.26 Å². The molecule has 1 aromatic heterocycles. The molecule has 7 nitrogen and oxygen atoms in total. The van der Waals surface area contributed by atoms with Crippen molar-refractivity contribution in [3.8, 4) is 17.7 Å². The summed E-state index contributed by atoms with van der Waals surface area (Å²) < 4.78 is 5.82. The van der Waals surface area contributed by atoms with Crippen molar-refractivity contribution in [2.24, 2.45) is 5.73 Å². The van der Waals surface area contributed by atoms with Gasteiger partial charge in [0.15, 0.2) is 0 Å². The van der Waals surface area contributed by atoms with Crippen LogP contribution in [0.25, 0.3) is 0 Å². The number of phenols is 1. The van der Waals surface area contributed by atoms with Gasteiger partial charge in [-0.2, -0.15) is 5.26 Å². The number of aromatic nitrogens is 1. The maximum absolute atomic E-state index is 11.0. The number of hydrogen-bond donors (Lipinski definition) is 2. The highest BCUT2D eigenvalue weighted by molar-refractivity contribution is 5.92. The van der Waals surface area contributed by atoms with Crippen LogP contribution in [0.2, 0.25) is 0 Å². The number of anilines is 1. The van der Waals surface area contributed by atoms with Crippen LogP contribution in [0, 0.1) is 11.3 Å². The number of carbonyl (C=O) groups is 1. The molecule has 0 saturated carbocycles. The fourth-order valence-electron chi connectivity index (χ4n) is 2.64. The maximum atomic E-state index is 11.0. The molecule has 3 rings (SSSR count). The zero-order chi connectivity index (χ0) is 17.1. The number of nitrogens with zero attached hydrogens (tertiary/aromatic N) is 3. The van der Waals surface area contributed by atoms with E-state index >= 15 is 0 Å². The molecule has 1 atom stereocenters. The number of carbonyl (C=O) groups excluding carboxylic acids is 1. The van der Waals surface area contributed by atoms with Gasteiger partial charge in [0.05, 0.1) is 17.7 Å². The Morgan fingerprint density at radius 1 is 1.42 bits per heavy atom. The molecule has 0 unspecified atom stereocenters. The minimum absolute atomic E-state index is 0.0249. The SMILES string of the molecule is N#Cc1ccc(N2CC[C@@H](Oc3ccc(C(N)=O)cn3)C2)cc1O. The van der Waals surface area contributed by atoms with Crippen molar-refractivity contribution in [2.75, 3.05) is 18.0 Å². The number of nitriles is 1. The van der Waals surface area contributed by atoms with Crippen LogP contribution in [0.4, 0.5) is 5.69 Å². The molecule has 1 saturated heterocycles. The molecule has 0 spiro atoms. The normalized spacial score (nSPS) is 16.6. The van der Waals surface area contributed by atoms with E-state index in [0.29, 0.717) is 18.0 Å². The zero-order valence-electron chi connectivity index (χ0n) is 12.8. The molecular formula is C17H16N4O3. The number of rotatable bonds is 4. The fraction of sp³-hybridized carbons (Fsp3) is 0.235. The van der Waals surface area contributed by atoms with Crippen LogP contribution >= 0.6 is 0 Å². The lowest BCUT2D eigenvalue weighted by atomic mass is 10.2. The third-order valence-corrected chi connectivity index (χ3v) is 3.92. The summed E-state index contributed by atoms with van der Waals surface area (Å²) in [5, 5.41) is 18.7. The topological polar surface area (TPSA) is 112 Å². The highest BCUT2D eigenvalue weighted by Gasteiger charge is 2.25. The van der Waals surface area contributed by atoms with E-state index in [4.69, 9.17) is 15.7 Å². The predicted octanol–water partition coefficient (Wildman–Crippen LogP) is 1.42. The molecule has 7 heteroatoms. The molecule has 2 heterocycles. The summed E-state index contributed by atoms with van der Waals surface area (Å²) in [5.74, 6) is -0.112. The molecule has 1 fully saturated rings. The van der Waals surface area contributed by atoms with Crippen molar-refractivity contribution >= 4 is 11.6 Å². The number of primary amides is 1. The molecule has 122 valence electrons. The maximum Gasteiger partial charge on any atom is 0.250 e. The second-order valence-corrected chi connectivity index (χ2v) is 5.54. The molecular weight excluding hydrogens is 308 g/mol. The van der Waals surface area contributed by atoms with Gasteiger partial charge < -0.3 is 20.5 Å². The van der Waals surface area contributed by atoms with Crippen LogP contribution in [0.15, 0.2) is 36.5 Å². The highest BCUT2D eigenvalue weighted by Crippen LogP contribution is 2.28. The van der Waals surface area contributed by atoms with Crippen LogP contribution in [0.3, 0.4) is 0 Å². The summed E-state index contributed by atoms with van der Waals surface area (Å²) >= 11 is 0. The van der Waals surface area contributed by atoms with E-state index in [-0.39, 0.29) is 17.4 Å². The Labute approximate surface area is 138 Å². The van der Waals surface area contributed by atoms with Gasteiger partial charge in [-0.3, -0.25) is 4.79 Å². The summed E-state index contributed by atoms with van der Waals surface area (Å²) in [4.78, 5) is 17.2. The quantitative estimate of drug-likeness (QED) is 0.879. The smallest absolute Gasteiger partial charge is 0.250 e. The first-order valence-corrected chi connectivity index (χ1v) is 7.47. The third kappa shape index (κ3) is 3.22. The van der Waals surface area contributed by atoms with Crippen molar-refractivity contribution in [2.45, 2.75) is 12.5 Å². The molecule has 2 aromatic rings. The number of pyridine rings is 1. The zero-order valence-corrected chi connectivity index (χ0v) is 12.8. The second kappa shape index (κ2) is 6.46. The van der Waals surface area contributed by atoms with Gasteiger partial charge in [-0.1, -0.05) is 0 Å². The van der Waals surface area contributed by atoms with E-state index in [1.54, 1.807) is 30.3 Å². The number of ether oxygens (including phenoxy) is 1. The lowest BCUT2D eigenvalue weighted by Gasteiger charge is -2.19. The molecule has 1 aliphatic heterocycles. The molecule has 0 aliphatic carbocycles. The van der Waals surface area contributed by atoms with Crippen LogP contribution < -0.4 is 15.4 Å². The Hall–Kier alpha value is -3.27. The molecule has 24 heavy (non-hydrogen) atoms. The average molecular weight is 324 g/mol. The van der Waals surface area contributed by atoms with Gasteiger partial charge in [-0.15, -0.1) is 0 Å². The summed E-state index contributed by atoms with van der Waals surface area (Å²) in [6.45, 7) is 1.42. The van der Waals surface area contributed by atoms with Crippen molar-refractivity contribution in [3.05, 3.63) is 47.7 Å². The van der Waals surface area contributed by atoms with Gasteiger partial charge in [0, 0.05) is 37.0 Å².